The minimum absolute atomic E-state index is 0.442. The largest absolute Gasteiger partial charge is 0.478 e. The molecular weight excluding hydrogens is 254 g/mol. The number of aliphatic carboxylic acids is 1. The highest BCUT2D eigenvalue weighted by Crippen LogP contribution is 2.27. The zero-order valence-corrected chi connectivity index (χ0v) is 12.0. The molecule has 108 valence electrons. The highest BCUT2D eigenvalue weighted by atomic mass is 16.4. The lowest BCUT2D eigenvalue weighted by atomic mass is 10.2. The van der Waals surface area contributed by atoms with Crippen molar-refractivity contribution in [1.82, 2.24) is 9.88 Å². The van der Waals surface area contributed by atoms with Crippen molar-refractivity contribution in [1.29, 1.82) is 0 Å². The normalized spacial score (nSPS) is 19.1. The van der Waals surface area contributed by atoms with E-state index in [9.17, 15) is 4.79 Å². The molecule has 2 rings (SSSR count). The molecule has 1 saturated heterocycles. The first-order chi connectivity index (χ1) is 9.58. The molecular formula is C15H21N3O2. The molecule has 0 radical (unpaired) electrons. The van der Waals surface area contributed by atoms with E-state index in [0.29, 0.717) is 6.04 Å². The molecule has 1 aliphatic rings. The molecule has 1 atom stereocenters. The van der Waals surface area contributed by atoms with E-state index in [4.69, 9.17) is 5.11 Å². The second-order valence-corrected chi connectivity index (χ2v) is 5.34. The summed E-state index contributed by atoms with van der Waals surface area (Å²) in [5, 5.41) is 8.77. The van der Waals surface area contributed by atoms with Crippen LogP contribution in [0.3, 0.4) is 0 Å². The van der Waals surface area contributed by atoms with Crippen LogP contribution in [0, 0.1) is 0 Å². The van der Waals surface area contributed by atoms with Crippen molar-refractivity contribution in [2.75, 3.05) is 32.1 Å². The lowest BCUT2D eigenvalue weighted by Gasteiger charge is -2.29. The SMILES string of the molecule is CN(C)CC1CCCN1c1ncccc1/C=C/C(=O)O. The van der Waals surface area contributed by atoms with Crippen molar-refractivity contribution in [3.05, 3.63) is 30.0 Å². The molecule has 1 aliphatic heterocycles. The summed E-state index contributed by atoms with van der Waals surface area (Å²) < 4.78 is 0. The molecule has 20 heavy (non-hydrogen) atoms. The number of aromatic nitrogens is 1. The number of carboxylic acid groups (broad SMARTS) is 1. The number of likely N-dealkylation sites (N-methyl/N-ethyl adjacent to an activating group) is 1. The van der Waals surface area contributed by atoms with E-state index < -0.39 is 5.97 Å². The van der Waals surface area contributed by atoms with E-state index in [-0.39, 0.29) is 0 Å². The Morgan fingerprint density at radius 2 is 2.40 bits per heavy atom. The molecule has 5 nitrogen and oxygen atoms in total. The average molecular weight is 275 g/mol. The van der Waals surface area contributed by atoms with Gasteiger partial charge in [0.1, 0.15) is 5.82 Å². The minimum Gasteiger partial charge on any atom is -0.478 e. The lowest BCUT2D eigenvalue weighted by Crippen LogP contribution is -2.38. The third-order valence-electron chi connectivity index (χ3n) is 3.45. The standard InChI is InChI=1S/C15H21N3O2/c1-17(2)11-13-6-4-10-18(13)15-12(5-3-9-16-15)7-8-14(19)20/h3,5,7-9,13H,4,6,10-11H2,1-2H3,(H,19,20)/b8-7+. The Bertz CT molecular complexity index is 500. The molecule has 0 saturated carbocycles. The summed E-state index contributed by atoms with van der Waals surface area (Å²) in [5.41, 5.74) is 0.862. The molecule has 1 fully saturated rings. The van der Waals surface area contributed by atoms with E-state index in [1.54, 1.807) is 12.3 Å². The molecule has 2 heterocycles. The van der Waals surface area contributed by atoms with Gasteiger partial charge in [-0.1, -0.05) is 0 Å². The second-order valence-electron chi connectivity index (χ2n) is 5.34. The highest BCUT2D eigenvalue weighted by Gasteiger charge is 2.27. The van der Waals surface area contributed by atoms with Crippen molar-refractivity contribution in [3.8, 4) is 0 Å². The van der Waals surface area contributed by atoms with Crippen LogP contribution in [-0.2, 0) is 4.79 Å². The Kier molecular flexibility index (Phi) is 4.74. The Morgan fingerprint density at radius 1 is 1.60 bits per heavy atom. The predicted molar refractivity (Wildman–Crippen MR) is 79.8 cm³/mol. The molecule has 1 unspecified atom stereocenters. The molecule has 0 spiro atoms. The Balaban J connectivity index is 2.25. The maximum atomic E-state index is 10.7. The summed E-state index contributed by atoms with van der Waals surface area (Å²) in [7, 11) is 4.14. The summed E-state index contributed by atoms with van der Waals surface area (Å²) in [6, 6.07) is 4.19. The van der Waals surface area contributed by atoms with Crippen LogP contribution in [-0.4, -0.2) is 54.2 Å². The number of pyridine rings is 1. The Hall–Kier alpha value is -1.88. The van der Waals surface area contributed by atoms with Crippen LogP contribution in [0.5, 0.6) is 0 Å². The van der Waals surface area contributed by atoms with Gasteiger partial charge in [-0.25, -0.2) is 9.78 Å². The van der Waals surface area contributed by atoms with Crippen molar-refractivity contribution in [3.63, 3.8) is 0 Å². The number of anilines is 1. The first kappa shape index (κ1) is 14.5. The minimum atomic E-state index is -0.939. The van der Waals surface area contributed by atoms with Crippen LogP contribution in [0.2, 0.25) is 0 Å². The van der Waals surface area contributed by atoms with Gasteiger partial charge in [0.25, 0.3) is 0 Å². The fraction of sp³-hybridized carbons (Fsp3) is 0.467. The Labute approximate surface area is 119 Å². The molecule has 1 aromatic heterocycles. The summed E-state index contributed by atoms with van der Waals surface area (Å²) in [4.78, 5) is 19.6. The fourth-order valence-corrected chi connectivity index (χ4v) is 2.67. The second kappa shape index (κ2) is 6.52. The monoisotopic (exact) mass is 275 g/mol. The average Bonchev–Trinajstić information content (AvgIpc) is 2.83. The maximum absolute atomic E-state index is 10.7. The van der Waals surface area contributed by atoms with E-state index in [1.807, 2.05) is 12.1 Å². The van der Waals surface area contributed by atoms with Crippen LogP contribution >= 0.6 is 0 Å². The zero-order chi connectivity index (χ0) is 14.5. The first-order valence-corrected chi connectivity index (χ1v) is 6.85. The van der Waals surface area contributed by atoms with E-state index >= 15 is 0 Å². The number of nitrogens with zero attached hydrogens (tertiary/aromatic N) is 3. The van der Waals surface area contributed by atoms with Gasteiger partial charge in [-0.15, -0.1) is 0 Å². The van der Waals surface area contributed by atoms with Gasteiger partial charge in [-0.3, -0.25) is 0 Å². The van der Waals surface area contributed by atoms with Crippen LogP contribution in [0.25, 0.3) is 6.08 Å². The van der Waals surface area contributed by atoms with Crippen molar-refractivity contribution in [2.45, 2.75) is 18.9 Å². The van der Waals surface area contributed by atoms with Crippen LogP contribution in [0.15, 0.2) is 24.4 Å². The van der Waals surface area contributed by atoms with Gasteiger partial charge >= 0.3 is 5.97 Å². The molecule has 1 N–H and O–H groups in total. The van der Waals surface area contributed by atoms with Crippen LogP contribution in [0.1, 0.15) is 18.4 Å². The predicted octanol–water partition coefficient (Wildman–Crippen LogP) is 1.71. The lowest BCUT2D eigenvalue weighted by molar-refractivity contribution is -0.131. The van der Waals surface area contributed by atoms with E-state index in [2.05, 4.69) is 28.9 Å². The number of hydrogen-bond acceptors (Lipinski definition) is 4. The van der Waals surface area contributed by atoms with Gasteiger partial charge in [0.05, 0.1) is 0 Å². The number of hydrogen-bond donors (Lipinski definition) is 1. The smallest absolute Gasteiger partial charge is 0.328 e. The number of carboxylic acids is 1. The maximum Gasteiger partial charge on any atom is 0.328 e. The summed E-state index contributed by atoms with van der Waals surface area (Å²) in [6.07, 6.45) is 6.85. The quantitative estimate of drug-likeness (QED) is 0.829. The van der Waals surface area contributed by atoms with Crippen molar-refractivity contribution in [2.24, 2.45) is 0 Å². The topological polar surface area (TPSA) is 56.7 Å². The van der Waals surface area contributed by atoms with Gasteiger partial charge in [0.15, 0.2) is 0 Å². The van der Waals surface area contributed by atoms with Gasteiger partial charge < -0.3 is 14.9 Å². The van der Waals surface area contributed by atoms with Crippen LogP contribution < -0.4 is 4.90 Å². The summed E-state index contributed by atoms with van der Waals surface area (Å²) in [5.74, 6) is -0.0552. The zero-order valence-electron chi connectivity index (χ0n) is 12.0. The number of carbonyl (C=O) groups is 1. The van der Waals surface area contributed by atoms with Crippen molar-refractivity contribution >= 4 is 17.9 Å². The van der Waals surface area contributed by atoms with E-state index in [0.717, 1.165) is 43.4 Å². The summed E-state index contributed by atoms with van der Waals surface area (Å²) in [6.45, 7) is 1.96. The van der Waals surface area contributed by atoms with Crippen LogP contribution in [0.4, 0.5) is 5.82 Å². The summed E-state index contributed by atoms with van der Waals surface area (Å²) >= 11 is 0. The highest BCUT2D eigenvalue weighted by molar-refractivity contribution is 5.86. The number of rotatable bonds is 5. The third-order valence-corrected chi connectivity index (χ3v) is 3.45. The van der Waals surface area contributed by atoms with Gasteiger partial charge in [-0.05, 0) is 45.1 Å². The molecule has 0 amide bonds. The Morgan fingerprint density at radius 3 is 3.10 bits per heavy atom. The molecule has 5 heteroatoms. The molecule has 1 aromatic rings. The molecule has 0 aliphatic carbocycles. The first-order valence-electron chi connectivity index (χ1n) is 6.85. The van der Waals surface area contributed by atoms with Gasteiger partial charge in [0, 0.05) is 37.0 Å². The van der Waals surface area contributed by atoms with E-state index in [1.165, 1.54) is 0 Å². The molecule has 0 aromatic carbocycles. The fourth-order valence-electron chi connectivity index (χ4n) is 2.67. The third kappa shape index (κ3) is 3.57. The molecule has 0 bridgehead atoms. The van der Waals surface area contributed by atoms with Crippen molar-refractivity contribution < 1.29 is 9.90 Å². The van der Waals surface area contributed by atoms with Gasteiger partial charge in [-0.2, -0.15) is 0 Å². The van der Waals surface area contributed by atoms with Gasteiger partial charge in [0.2, 0.25) is 0 Å².